The molecule has 0 aromatic heterocycles. The Morgan fingerprint density at radius 1 is 1.19 bits per heavy atom. The van der Waals surface area contributed by atoms with Crippen LogP contribution < -0.4 is 5.73 Å². The van der Waals surface area contributed by atoms with Gasteiger partial charge in [-0.3, -0.25) is 9.36 Å². The van der Waals surface area contributed by atoms with E-state index in [-0.39, 0.29) is 16.7 Å². The predicted octanol–water partition coefficient (Wildman–Crippen LogP) is 3.66. The Kier molecular flexibility index (Phi) is 5.85. The van der Waals surface area contributed by atoms with Gasteiger partial charge in [-0.05, 0) is 24.1 Å². The van der Waals surface area contributed by atoms with Crippen molar-refractivity contribution in [3.63, 3.8) is 0 Å². The summed E-state index contributed by atoms with van der Waals surface area (Å²) in [7, 11) is -5.68. The van der Waals surface area contributed by atoms with Crippen molar-refractivity contribution >= 4 is 29.3 Å². The van der Waals surface area contributed by atoms with E-state index in [1.54, 1.807) is 30.3 Å². The molecule has 2 aromatic rings. The summed E-state index contributed by atoms with van der Waals surface area (Å²) in [6, 6.07) is 12.1. The van der Waals surface area contributed by atoms with E-state index in [2.05, 4.69) is 15.9 Å². The number of ketones is 1. The lowest BCUT2D eigenvalue weighted by Gasteiger charge is -2.28. The Balaban J connectivity index is 2.43. The Morgan fingerprint density at radius 3 is 2.23 bits per heavy atom. The molecule has 0 saturated heterocycles. The second kappa shape index (κ2) is 7.29. The van der Waals surface area contributed by atoms with Crippen molar-refractivity contribution < 1.29 is 27.9 Å². The maximum absolute atomic E-state index is 13.9. The highest BCUT2D eigenvalue weighted by molar-refractivity contribution is 9.10. The zero-order valence-corrected chi connectivity index (χ0v) is 16.2. The van der Waals surface area contributed by atoms with Gasteiger partial charge < -0.3 is 15.5 Å². The minimum absolute atomic E-state index is 0.0344. The topological polar surface area (TPSA) is 101 Å². The molecule has 1 unspecified atom stereocenters. The fraction of sp³-hybridized carbons (Fsp3) is 0.235. The van der Waals surface area contributed by atoms with Crippen LogP contribution in [0.4, 0.5) is 8.78 Å². The average Bonchev–Trinajstić information content (AvgIpc) is 2.54. The van der Waals surface area contributed by atoms with Crippen molar-refractivity contribution in [3.05, 3.63) is 69.7 Å². The lowest BCUT2D eigenvalue weighted by atomic mass is 9.81. The summed E-state index contributed by atoms with van der Waals surface area (Å²) >= 11 is 2.93. The van der Waals surface area contributed by atoms with Gasteiger partial charge in [-0.25, -0.2) is 0 Å². The second-order valence-electron chi connectivity index (χ2n) is 5.97. The molecule has 0 aliphatic carbocycles. The van der Waals surface area contributed by atoms with E-state index in [0.717, 1.165) is 6.07 Å². The number of rotatable bonds is 6. The van der Waals surface area contributed by atoms with E-state index >= 15 is 0 Å². The smallest absolute Gasteiger partial charge is 0.320 e. The zero-order valence-electron chi connectivity index (χ0n) is 13.7. The van der Waals surface area contributed by atoms with Crippen LogP contribution in [0.5, 0.6) is 0 Å². The first-order valence-corrected chi connectivity index (χ1v) is 9.88. The molecule has 140 valence electrons. The highest BCUT2D eigenvalue weighted by Crippen LogP contribution is 2.60. The van der Waals surface area contributed by atoms with Gasteiger partial charge in [0.25, 0.3) is 0 Å². The molecule has 2 rings (SSSR count). The number of hydrogen-bond acceptors (Lipinski definition) is 3. The summed E-state index contributed by atoms with van der Waals surface area (Å²) in [5.74, 6) is -0.301. The van der Waals surface area contributed by atoms with Crippen molar-refractivity contribution in [1.29, 1.82) is 0 Å². The van der Waals surface area contributed by atoms with Crippen LogP contribution in [0.3, 0.4) is 0 Å². The zero-order chi connectivity index (χ0) is 19.8. The van der Waals surface area contributed by atoms with Gasteiger partial charge >= 0.3 is 13.3 Å². The molecule has 9 heteroatoms. The number of hydrogen-bond donors (Lipinski definition) is 3. The summed E-state index contributed by atoms with van der Waals surface area (Å²) < 4.78 is 38.7. The number of alkyl halides is 2. The predicted molar refractivity (Wildman–Crippen MR) is 96.8 cm³/mol. The molecule has 2 aromatic carbocycles. The molecule has 5 nitrogen and oxygen atoms in total. The maximum atomic E-state index is 13.9. The van der Waals surface area contributed by atoms with Crippen LogP contribution >= 0.6 is 23.5 Å². The van der Waals surface area contributed by atoms with Crippen molar-refractivity contribution in [2.75, 3.05) is 0 Å². The van der Waals surface area contributed by atoms with Crippen molar-refractivity contribution in [1.82, 2.24) is 0 Å². The number of nitrogens with two attached hydrogens (primary N) is 1. The molecule has 0 radical (unpaired) electrons. The van der Waals surface area contributed by atoms with E-state index in [9.17, 15) is 18.1 Å². The summed E-state index contributed by atoms with van der Waals surface area (Å²) in [4.78, 5) is 29.9. The molecule has 0 heterocycles. The monoisotopic (exact) mass is 447 g/mol. The molecule has 1 atom stereocenters. The summed E-state index contributed by atoms with van der Waals surface area (Å²) in [5.41, 5.74) is 0.823. The maximum Gasteiger partial charge on any atom is 0.399 e. The summed E-state index contributed by atoms with van der Waals surface area (Å²) in [6.07, 6.45) is 0.0344. The first-order chi connectivity index (χ1) is 11.9. The quantitative estimate of drug-likeness (QED) is 0.586. The molecule has 0 fully saturated rings. The van der Waals surface area contributed by atoms with Gasteiger partial charge in [0.2, 0.25) is 0 Å². The van der Waals surface area contributed by atoms with Crippen LogP contribution in [0.2, 0.25) is 0 Å². The van der Waals surface area contributed by atoms with Gasteiger partial charge in [-0.15, -0.1) is 0 Å². The molecule has 0 aliphatic heterocycles. The molecular formula is C17H17BrF2NO4P. The average molecular weight is 448 g/mol. The largest absolute Gasteiger partial charge is 0.399 e. The minimum Gasteiger partial charge on any atom is -0.320 e. The second-order valence-corrected chi connectivity index (χ2v) is 8.47. The SMILES string of the molecule is CC(=O)C(N)(Cc1ccc(C(F)(F)P(=O)(O)O)c(Br)c1)c1ccccc1. The molecule has 0 spiro atoms. The molecule has 0 saturated carbocycles. The van der Waals surface area contributed by atoms with Crippen LogP contribution in [-0.2, 0) is 27.0 Å². The molecule has 0 amide bonds. The summed E-state index contributed by atoms with van der Waals surface area (Å²) in [5, 5.41) is 0. The lowest BCUT2D eigenvalue weighted by molar-refractivity contribution is -0.122. The van der Waals surface area contributed by atoms with Gasteiger partial charge in [0.15, 0.2) is 5.78 Å². The molecule has 4 N–H and O–H groups in total. The van der Waals surface area contributed by atoms with Gasteiger partial charge in [-0.2, -0.15) is 8.78 Å². The van der Waals surface area contributed by atoms with Crippen molar-refractivity contribution in [2.45, 2.75) is 24.5 Å². The number of benzene rings is 2. The highest BCUT2D eigenvalue weighted by atomic mass is 79.9. The summed E-state index contributed by atoms with van der Waals surface area (Å²) in [6.45, 7) is 1.35. The highest BCUT2D eigenvalue weighted by Gasteiger charge is 2.51. The van der Waals surface area contributed by atoms with E-state index in [4.69, 9.17) is 15.5 Å². The molecule has 0 aliphatic rings. The Hall–Kier alpha value is -1.44. The third-order valence-corrected chi connectivity index (χ3v) is 5.75. The fourth-order valence-corrected chi connectivity index (χ4v) is 3.89. The Morgan fingerprint density at radius 2 is 1.77 bits per heavy atom. The third-order valence-electron chi connectivity index (χ3n) is 4.12. The first kappa shape index (κ1) is 20.9. The molecule has 26 heavy (non-hydrogen) atoms. The van der Waals surface area contributed by atoms with E-state index in [0.29, 0.717) is 11.1 Å². The number of halogens is 3. The van der Waals surface area contributed by atoms with Crippen LogP contribution in [0.25, 0.3) is 0 Å². The Bertz CT molecular complexity index is 872. The lowest BCUT2D eigenvalue weighted by Crippen LogP contribution is -2.45. The third kappa shape index (κ3) is 3.94. The van der Waals surface area contributed by atoms with Crippen molar-refractivity contribution in [2.24, 2.45) is 5.73 Å². The first-order valence-electron chi connectivity index (χ1n) is 7.47. The standard InChI is InChI=1S/C17H17BrF2NO4P/c1-11(22)16(21,13-5-3-2-4-6-13)10-12-7-8-14(15(18)9-12)17(19,20)26(23,24)25/h2-9H,10,21H2,1H3,(H2,23,24,25). The molecule has 0 bridgehead atoms. The van der Waals surface area contributed by atoms with Crippen molar-refractivity contribution in [3.8, 4) is 0 Å². The van der Waals surface area contributed by atoms with Gasteiger partial charge in [0, 0.05) is 16.5 Å². The normalized spacial score (nSPS) is 14.7. The van der Waals surface area contributed by atoms with E-state index in [1.807, 2.05) is 0 Å². The van der Waals surface area contributed by atoms with Gasteiger partial charge in [-0.1, -0.05) is 58.4 Å². The minimum atomic E-state index is -5.68. The number of carbonyl (C=O) groups is 1. The number of carbonyl (C=O) groups excluding carboxylic acids is 1. The van der Waals surface area contributed by atoms with Gasteiger partial charge in [0.05, 0.1) is 0 Å². The molecular weight excluding hydrogens is 431 g/mol. The fourth-order valence-electron chi connectivity index (χ4n) is 2.56. The van der Waals surface area contributed by atoms with Crippen LogP contribution in [0, 0.1) is 0 Å². The van der Waals surface area contributed by atoms with Crippen LogP contribution in [0.15, 0.2) is 53.0 Å². The number of Topliss-reactive ketones (excluding diaryl/α,β-unsaturated/α-hetero) is 1. The Labute approximate surface area is 157 Å². The van der Waals surface area contributed by atoms with Gasteiger partial charge in [0.1, 0.15) is 5.54 Å². The van der Waals surface area contributed by atoms with E-state index < -0.39 is 24.4 Å². The van der Waals surface area contributed by atoms with Crippen LogP contribution in [-0.4, -0.2) is 15.6 Å². The van der Waals surface area contributed by atoms with E-state index in [1.165, 1.54) is 19.1 Å². The van der Waals surface area contributed by atoms with Crippen LogP contribution in [0.1, 0.15) is 23.6 Å².